The number of aromatic nitrogens is 1. The summed E-state index contributed by atoms with van der Waals surface area (Å²) < 4.78 is 37.9. The topological polar surface area (TPSA) is 52.6 Å². The Morgan fingerprint density at radius 1 is 1.21 bits per heavy atom. The number of thiazole rings is 1. The highest BCUT2D eigenvalue weighted by atomic mass is 127. The molecule has 0 aliphatic heterocycles. The van der Waals surface area contributed by atoms with Gasteiger partial charge in [-0.15, -0.1) is 35.3 Å². The van der Waals surface area contributed by atoms with Crippen molar-refractivity contribution >= 4 is 41.3 Å². The van der Waals surface area contributed by atoms with Gasteiger partial charge in [0.15, 0.2) is 11.7 Å². The predicted molar refractivity (Wildman–Crippen MR) is 118 cm³/mol. The van der Waals surface area contributed by atoms with Crippen molar-refractivity contribution in [2.24, 2.45) is 4.99 Å². The number of aryl methyl sites for hydroxylation is 1. The molecule has 2 aromatic rings. The zero-order valence-corrected chi connectivity index (χ0v) is 19.3. The molecule has 0 aliphatic rings. The number of rotatable bonds is 6. The number of nitrogens with one attached hydrogen (secondary N) is 2. The first-order chi connectivity index (χ1) is 12.7. The fraction of sp³-hybridized carbons (Fsp3) is 0.444. The molecule has 0 spiro atoms. The maximum atomic E-state index is 12.6. The molecule has 0 radical (unpaired) electrons. The van der Waals surface area contributed by atoms with Crippen LogP contribution in [-0.4, -0.2) is 43.5 Å². The Kier molecular flexibility index (Phi) is 9.64. The van der Waals surface area contributed by atoms with Gasteiger partial charge in [-0.05, 0) is 26.6 Å². The van der Waals surface area contributed by atoms with Crippen LogP contribution >= 0.6 is 35.3 Å². The van der Waals surface area contributed by atoms with Gasteiger partial charge in [-0.1, -0.05) is 29.8 Å². The number of alkyl halides is 3. The van der Waals surface area contributed by atoms with Gasteiger partial charge in [-0.2, -0.15) is 13.2 Å². The van der Waals surface area contributed by atoms with Crippen LogP contribution in [0, 0.1) is 6.92 Å². The van der Waals surface area contributed by atoms with E-state index in [4.69, 9.17) is 0 Å². The molecular weight excluding hydrogens is 502 g/mol. The van der Waals surface area contributed by atoms with E-state index in [1.54, 1.807) is 7.05 Å². The summed E-state index contributed by atoms with van der Waals surface area (Å²) in [4.78, 5) is 9.83. The molecule has 10 heteroatoms. The molecule has 156 valence electrons. The second kappa shape index (κ2) is 11.0. The zero-order chi connectivity index (χ0) is 20.0. The molecule has 1 atom stereocenters. The van der Waals surface area contributed by atoms with Crippen LogP contribution in [0.15, 0.2) is 34.6 Å². The summed E-state index contributed by atoms with van der Waals surface area (Å²) in [6.45, 7) is 2.82. The van der Waals surface area contributed by atoms with Crippen LogP contribution in [-0.2, 0) is 12.7 Å². The monoisotopic (exact) mass is 527 g/mol. The van der Waals surface area contributed by atoms with Gasteiger partial charge >= 0.3 is 6.18 Å². The van der Waals surface area contributed by atoms with Crippen molar-refractivity contribution in [3.8, 4) is 0 Å². The molecule has 0 saturated heterocycles. The lowest BCUT2D eigenvalue weighted by molar-refractivity contribution is -0.140. The third-order valence-corrected chi connectivity index (χ3v) is 4.87. The number of aliphatic imine (C=N–C) groups is 1. The first kappa shape index (κ1) is 24.6. The second-order valence-electron chi connectivity index (χ2n) is 6.32. The third-order valence-electron chi connectivity index (χ3n) is 4.02. The zero-order valence-electron chi connectivity index (χ0n) is 16.2. The van der Waals surface area contributed by atoms with E-state index in [0.29, 0.717) is 17.5 Å². The maximum absolute atomic E-state index is 12.6. The fourth-order valence-corrected chi connectivity index (χ4v) is 3.22. The number of hydrogen-bond donors (Lipinski definition) is 2. The van der Waals surface area contributed by atoms with Crippen LogP contribution in [0.2, 0.25) is 0 Å². The number of halogens is 4. The van der Waals surface area contributed by atoms with Gasteiger partial charge in [0.05, 0.1) is 12.6 Å². The van der Waals surface area contributed by atoms with E-state index >= 15 is 0 Å². The largest absolute Gasteiger partial charge is 0.434 e. The van der Waals surface area contributed by atoms with E-state index in [-0.39, 0.29) is 36.6 Å². The summed E-state index contributed by atoms with van der Waals surface area (Å²) in [6, 6.07) is 8.44. The molecular formula is C18H25F3IN5S. The first-order valence-electron chi connectivity index (χ1n) is 8.40. The van der Waals surface area contributed by atoms with Gasteiger partial charge in [0.25, 0.3) is 0 Å². The summed E-state index contributed by atoms with van der Waals surface area (Å²) >= 11 is 0.972. The molecule has 0 aliphatic carbocycles. The lowest BCUT2D eigenvalue weighted by Gasteiger charge is -2.26. The lowest BCUT2D eigenvalue weighted by Crippen LogP contribution is -2.41. The number of guanidine groups is 1. The summed E-state index contributed by atoms with van der Waals surface area (Å²) in [5.41, 5.74) is 1.51. The summed E-state index contributed by atoms with van der Waals surface area (Å²) in [5.74, 6) is 0.512. The van der Waals surface area contributed by atoms with Gasteiger partial charge in [0.1, 0.15) is 5.01 Å². The molecule has 0 amide bonds. The fourth-order valence-electron chi connectivity index (χ4n) is 2.48. The Balaban J connectivity index is 0.00000392. The minimum absolute atomic E-state index is 0. The van der Waals surface area contributed by atoms with Gasteiger partial charge in [0.2, 0.25) is 0 Å². The Hall–Kier alpha value is -1.40. The molecule has 5 nitrogen and oxygen atoms in total. The normalized spacial score (nSPS) is 13.2. The van der Waals surface area contributed by atoms with E-state index in [9.17, 15) is 13.2 Å². The van der Waals surface area contributed by atoms with Gasteiger partial charge in [-0.3, -0.25) is 4.99 Å². The average Bonchev–Trinajstić information content (AvgIpc) is 3.08. The Morgan fingerprint density at radius 3 is 2.36 bits per heavy atom. The highest BCUT2D eigenvalue weighted by Gasteiger charge is 2.33. The number of hydrogen-bond acceptors (Lipinski definition) is 4. The Bertz CT molecular complexity index is 759. The average molecular weight is 527 g/mol. The van der Waals surface area contributed by atoms with Crippen LogP contribution < -0.4 is 10.6 Å². The van der Waals surface area contributed by atoms with Gasteiger partial charge in [0, 0.05) is 19.0 Å². The molecule has 2 rings (SSSR count). The molecule has 0 saturated carbocycles. The van der Waals surface area contributed by atoms with E-state index in [2.05, 4.69) is 49.8 Å². The minimum Gasteiger partial charge on any atom is -0.354 e. The predicted octanol–water partition coefficient (Wildman–Crippen LogP) is 4.06. The molecule has 1 aromatic heterocycles. The standard InChI is InChI=1S/C18H24F3N5S.HI/c1-12-5-7-13(8-6-12)14(26(3)4)9-23-17(22-2)24-10-16-25-15(11-27-16)18(19,20)21;/h5-8,11,14H,9-10H2,1-4H3,(H2,22,23,24);1H. The van der Waals surface area contributed by atoms with Crippen molar-refractivity contribution in [1.29, 1.82) is 0 Å². The molecule has 1 heterocycles. The highest BCUT2D eigenvalue weighted by Crippen LogP contribution is 2.29. The molecule has 28 heavy (non-hydrogen) atoms. The maximum Gasteiger partial charge on any atom is 0.434 e. The van der Waals surface area contributed by atoms with Crippen molar-refractivity contribution in [1.82, 2.24) is 20.5 Å². The Labute approximate surface area is 184 Å². The second-order valence-corrected chi connectivity index (χ2v) is 7.26. The van der Waals surface area contributed by atoms with Crippen molar-refractivity contribution in [3.05, 3.63) is 51.5 Å². The van der Waals surface area contributed by atoms with Crippen LogP contribution in [0.4, 0.5) is 13.2 Å². The minimum atomic E-state index is -4.42. The number of benzene rings is 1. The molecule has 0 bridgehead atoms. The Morgan fingerprint density at radius 2 is 1.86 bits per heavy atom. The van der Waals surface area contributed by atoms with Crippen molar-refractivity contribution in [2.45, 2.75) is 25.7 Å². The van der Waals surface area contributed by atoms with Gasteiger partial charge < -0.3 is 15.5 Å². The van der Waals surface area contributed by atoms with Crippen LogP contribution in [0.1, 0.15) is 27.9 Å². The molecule has 0 fully saturated rings. The number of likely N-dealkylation sites (N-methyl/N-ethyl adjacent to an activating group) is 1. The molecule has 2 N–H and O–H groups in total. The first-order valence-corrected chi connectivity index (χ1v) is 9.27. The van der Waals surface area contributed by atoms with Crippen molar-refractivity contribution < 1.29 is 13.2 Å². The number of nitrogens with zero attached hydrogens (tertiary/aromatic N) is 3. The summed E-state index contributed by atoms with van der Waals surface area (Å²) in [7, 11) is 5.61. The van der Waals surface area contributed by atoms with Crippen LogP contribution in [0.5, 0.6) is 0 Å². The van der Waals surface area contributed by atoms with Gasteiger partial charge in [-0.25, -0.2) is 4.98 Å². The molecule has 1 unspecified atom stereocenters. The van der Waals surface area contributed by atoms with Crippen LogP contribution in [0.3, 0.4) is 0 Å². The SMILES string of the molecule is CN=C(NCc1nc(C(F)(F)F)cs1)NCC(c1ccc(C)cc1)N(C)C.I. The van der Waals surface area contributed by atoms with E-state index in [1.165, 1.54) is 11.1 Å². The third kappa shape index (κ3) is 7.21. The van der Waals surface area contributed by atoms with Crippen molar-refractivity contribution in [2.75, 3.05) is 27.7 Å². The van der Waals surface area contributed by atoms with Crippen molar-refractivity contribution in [3.63, 3.8) is 0 Å². The lowest BCUT2D eigenvalue weighted by atomic mass is 10.0. The summed E-state index contributed by atoms with van der Waals surface area (Å²) in [6.07, 6.45) is -4.42. The summed E-state index contributed by atoms with van der Waals surface area (Å²) in [5, 5.41) is 7.60. The van der Waals surface area contributed by atoms with E-state index in [0.717, 1.165) is 16.7 Å². The van der Waals surface area contributed by atoms with E-state index < -0.39 is 11.9 Å². The van der Waals surface area contributed by atoms with E-state index in [1.807, 2.05) is 21.0 Å². The van der Waals surface area contributed by atoms with Crippen LogP contribution in [0.25, 0.3) is 0 Å². The molecule has 1 aromatic carbocycles. The highest BCUT2D eigenvalue weighted by molar-refractivity contribution is 14.0. The smallest absolute Gasteiger partial charge is 0.354 e. The quantitative estimate of drug-likeness (QED) is 0.338.